The summed E-state index contributed by atoms with van der Waals surface area (Å²) in [6.45, 7) is 1.11. The fourth-order valence-corrected chi connectivity index (χ4v) is 4.54. The van der Waals surface area contributed by atoms with E-state index in [2.05, 4.69) is 17.0 Å². The minimum absolute atomic E-state index is 0.190. The van der Waals surface area contributed by atoms with E-state index < -0.39 is 0 Å². The molecular formula is C17H17NO3. The smallest absolute Gasteiger partial charge is 0.247 e. The first kappa shape index (κ1) is 11.7. The Kier molecular flexibility index (Phi) is 2.12. The number of carbonyl (C=O) groups is 1. The van der Waals surface area contributed by atoms with Gasteiger partial charge >= 0.3 is 0 Å². The molecule has 108 valence electrons. The summed E-state index contributed by atoms with van der Waals surface area (Å²) in [5, 5.41) is 0. The van der Waals surface area contributed by atoms with Gasteiger partial charge in [-0.1, -0.05) is 6.42 Å². The van der Waals surface area contributed by atoms with Gasteiger partial charge in [-0.25, -0.2) is 0 Å². The Labute approximate surface area is 123 Å². The van der Waals surface area contributed by atoms with Crippen molar-refractivity contribution in [3.05, 3.63) is 34.9 Å². The summed E-state index contributed by atoms with van der Waals surface area (Å²) in [5.41, 5.74) is 3.70. The summed E-state index contributed by atoms with van der Waals surface area (Å²) in [7, 11) is 0. The molecule has 1 atom stereocenters. The zero-order chi connectivity index (χ0) is 14.0. The van der Waals surface area contributed by atoms with Crippen LogP contribution in [0.4, 0.5) is 0 Å². The van der Waals surface area contributed by atoms with E-state index in [-0.39, 0.29) is 11.4 Å². The molecule has 1 fully saturated rings. The number of fused-ring (bicyclic) bond motifs is 2. The molecule has 0 aromatic heterocycles. The molecule has 4 nitrogen and oxygen atoms in total. The van der Waals surface area contributed by atoms with Gasteiger partial charge in [0.05, 0.1) is 5.54 Å². The molecule has 1 aromatic rings. The lowest BCUT2D eigenvalue weighted by atomic mass is 9.70. The maximum absolute atomic E-state index is 12.4. The van der Waals surface area contributed by atoms with Crippen LogP contribution in [0, 0.1) is 0 Å². The Balaban J connectivity index is 1.76. The highest BCUT2D eigenvalue weighted by Gasteiger charge is 2.52. The van der Waals surface area contributed by atoms with Crippen molar-refractivity contribution < 1.29 is 14.3 Å². The normalized spacial score (nSPS) is 28.9. The highest BCUT2D eigenvalue weighted by atomic mass is 16.7. The van der Waals surface area contributed by atoms with E-state index in [4.69, 9.17) is 9.47 Å². The molecule has 1 spiro atoms. The third-order valence-electron chi connectivity index (χ3n) is 5.44. The Hall–Kier alpha value is -1.97. The van der Waals surface area contributed by atoms with Gasteiger partial charge in [-0.2, -0.15) is 0 Å². The average molecular weight is 283 g/mol. The molecule has 1 aromatic carbocycles. The maximum atomic E-state index is 12.4. The highest BCUT2D eigenvalue weighted by molar-refractivity contribution is 5.94. The first-order chi connectivity index (χ1) is 10.3. The van der Waals surface area contributed by atoms with Crippen molar-refractivity contribution in [2.75, 3.05) is 13.3 Å². The van der Waals surface area contributed by atoms with Crippen LogP contribution >= 0.6 is 0 Å². The summed E-state index contributed by atoms with van der Waals surface area (Å²) in [5.74, 6) is 1.87. The number of nitrogens with zero attached hydrogens (tertiary/aromatic N) is 1. The van der Waals surface area contributed by atoms with Gasteiger partial charge in [-0.15, -0.1) is 0 Å². The van der Waals surface area contributed by atoms with E-state index in [1.54, 1.807) is 0 Å². The fourth-order valence-electron chi connectivity index (χ4n) is 4.54. The molecule has 4 aliphatic rings. The first-order valence-electron chi connectivity index (χ1n) is 7.75. The number of hydrogen-bond donors (Lipinski definition) is 0. The summed E-state index contributed by atoms with van der Waals surface area (Å²) in [6.07, 6.45) is 7.23. The lowest BCUT2D eigenvalue weighted by Crippen LogP contribution is -2.51. The number of benzene rings is 1. The van der Waals surface area contributed by atoms with Crippen molar-refractivity contribution in [3.63, 3.8) is 0 Å². The second-order valence-corrected chi connectivity index (χ2v) is 6.34. The SMILES string of the molecule is O=C1C=C2CCCCC23c2cc4c(cc2CCN13)OCO4. The maximum Gasteiger partial charge on any atom is 0.247 e. The summed E-state index contributed by atoms with van der Waals surface area (Å²) >= 11 is 0. The zero-order valence-corrected chi connectivity index (χ0v) is 11.9. The van der Waals surface area contributed by atoms with E-state index in [0.29, 0.717) is 6.79 Å². The third-order valence-corrected chi connectivity index (χ3v) is 5.44. The quantitative estimate of drug-likeness (QED) is 0.734. The van der Waals surface area contributed by atoms with E-state index in [0.717, 1.165) is 37.3 Å². The lowest BCUT2D eigenvalue weighted by molar-refractivity contribution is -0.130. The van der Waals surface area contributed by atoms with Crippen molar-refractivity contribution in [1.29, 1.82) is 0 Å². The van der Waals surface area contributed by atoms with Crippen LogP contribution in [0.3, 0.4) is 0 Å². The molecule has 1 unspecified atom stereocenters. The van der Waals surface area contributed by atoms with Gasteiger partial charge in [-0.3, -0.25) is 4.79 Å². The first-order valence-corrected chi connectivity index (χ1v) is 7.75. The molecular weight excluding hydrogens is 266 g/mol. The van der Waals surface area contributed by atoms with Crippen molar-refractivity contribution in [2.24, 2.45) is 0 Å². The van der Waals surface area contributed by atoms with Gasteiger partial charge in [0, 0.05) is 12.6 Å². The van der Waals surface area contributed by atoms with Crippen LogP contribution in [-0.2, 0) is 16.8 Å². The monoisotopic (exact) mass is 283 g/mol. The van der Waals surface area contributed by atoms with Gasteiger partial charge in [0.25, 0.3) is 0 Å². The molecule has 3 aliphatic heterocycles. The fraction of sp³-hybridized carbons (Fsp3) is 0.471. The predicted molar refractivity (Wildman–Crippen MR) is 76.2 cm³/mol. The van der Waals surface area contributed by atoms with Gasteiger partial charge in [-0.05, 0) is 54.5 Å². The number of ether oxygens (including phenoxy) is 2. The van der Waals surface area contributed by atoms with Crippen LogP contribution < -0.4 is 9.47 Å². The lowest BCUT2D eigenvalue weighted by Gasteiger charge is -2.48. The number of hydrogen-bond acceptors (Lipinski definition) is 3. The second kappa shape index (κ2) is 3.81. The Bertz CT molecular complexity index is 694. The van der Waals surface area contributed by atoms with Crippen LogP contribution in [0.15, 0.2) is 23.8 Å². The van der Waals surface area contributed by atoms with Crippen LogP contribution in [-0.4, -0.2) is 24.1 Å². The largest absolute Gasteiger partial charge is 0.454 e. The molecule has 4 heteroatoms. The summed E-state index contributed by atoms with van der Waals surface area (Å²) < 4.78 is 11.1. The molecule has 0 saturated heterocycles. The summed E-state index contributed by atoms with van der Waals surface area (Å²) in [4.78, 5) is 14.5. The predicted octanol–water partition coefficient (Wildman–Crippen LogP) is 2.51. The van der Waals surface area contributed by atoms with Crippen molar-refractivity contribution in [3.8, 4) is 11.5 Å². The van der Waals surface area contributed by atoms with Gasteiger partial charge in [0.15, 0.2) is 11.5 Å². The number of amides is 1. The molecule has 21 heavy (non-hydrogen) atoms. The van der Waals surface area contributed by atoms with Crippen LogP contribution in [0.5, 0.6) is 11.5 Å². The number of carbonyl (C=O) groups excluding carboxylic acids is 1. The molecule has 5 rings (SSSR count). The topological polar surface area (TPSA) is 38.8 Å². The van der Waals surface area contributed by atoms with Crippen molar-refractivity contribution in [2.45, 2.75) is 37.6 Å². The molecule has 0 N–H and O–H groups in total. The molecule has 1 amide bonds. The third kappa shape index (κ3) is 1.33. The second-order valence-electron chi connectivity index (χ2n) is 6.34. The van der Waals surface area contributed by atoms with Crippen molar-refractivity contribution in [1.82, 2.24) is 4.90 Å². The van der Waals surface area contributed by atoms with Crippen LogP contribution in [0.2, 0.25) is 0 Å². The van der Waals surface area contributed by atoms with Gasteiger partial charge in [0.2, 0.25) is 12.7 Å². The van der Waals surface area contributed by atoms with Crippen molar-refractivity contribution >= 4 is 5.91 Å². The minimum atomic E-state index is -0.191. The standard InChI is InChI=1S/C17H17NO3/c19-16-8-12-3-1-2-5-17(12)13-9-15-14(20-10-21-15)7-11(13)4-6-18(16)17/h7-9H,1-6,10H2. The Morgan fingerprint density at radius 3 is 2.86 bits per heavy atom. The molecule has 3 heterocycles. The zero-order valence-electron chi connectivity index (χ0n) is 11.9. The molecule has 0 bridgehead atoms. The van der Waals surface area contributed by atoms with Gasteiger partial charge in [0.1, 0.15) is 0 Å². The van der Waals surface area contributed by atoms with E-state index in [1.165, 1.54) is 29.5 Å². The molecule has 1 saturated carbocycles. The molecule has 0 radical (unpaired) electrons. The van der Waals surface area contributed by atoms with E-state index in [9.17, 15) is 4.79 Å². The minimum Gasteiger partial charge on any atom is -0.454 e. The average Bonchev–Trinajstić information content (AvgIpc) is 3.06. The highest BCUT2D eigenvalue weighted by Crippen LogP contribution is 2.54. The van der Waals surface area contributed by atoms with E-state index >= 15 is 0 Å². The Morgan fingerprint density at radius 1 is 1.10 bits per heavy atom. The molecule has 1 aliphatic carbocycles. The van der Waals surface area contributed by atoms with E-state index in [1.807, 2.05) is 6.08 Å². The summed E-state index contributed by atoms with van der Waals surface area (Å²) in [6, 6.07) is 4.25. The van der Waals surface area contributed by atoms with Crippen LogP contribution in [0.1, 0.15) is 36.8 Å². The van der Waals surface area contributed by atoms with Gasteiger partial charge < -0.3 is 14.4 Å². The Morgan fingerprint density at radius 2 is 1.95 bits per heavy atom. The van der Waals surface area contributed by atoms with Crippen LogP contribution in [0.25, 0.3) is 0 Å². The number of rotatable bonds is 0.